The van der Waals surface area contributed by atoms with Crippen molar-refractivity contribution in [1.82, 2.24) is 14.9 Å². The van der Waals surface area contributed by atoms with Crippen LogP contribution in [0.25, 0.3) is 0 Å². The predicted molar refractivity (Wildman–Crippen MR) is 85.3 cm³/mol. The van der Waals surface area contributed by atoms with Crippen LogP contribution in [0.1, 0.15) is 27.9 Å². The first-order valence-corrected chi connectivity index (χ1v) is 8.33. The van der Waals surface area contributed by atoms with Crippen LogP contribution < -0.4 is 5.32 Å². The molecule has 1 N–H and O–H groups in total. The number of aromatic nitrogens is 2. The second-order valence-corrected chi connectivity index (χ2v) is 6.53. The molecular formula is C15H17N3S2. The number of nitrogens with zero attached hydrogens (tertiary/aromatic N) is 2. The van der Waals surface area contributed by atoms with Gasteiger partial charge in [0.05, 0.1) is 0 Å². The molecule has 3 aromatic heterocycles. The smallest absolute Gasteiger partial charge is 0.131 e. The molecule has 0 fully saturated rings. The molecule has 0 aliphatic rings. The quantitative estimate of drug-likeness (QED) is 0.778. The van der Waals surface area contributed by atoms with Gasteiger partial charge in [-0.15, -0.1) is 11.3 Å². The van der Waals surface area contributed by atoms with Crippen molar-refractivity contribution < 1.29 is 0 Å². The summed E-state index contributed by atoms with van der Waals surface area (Å²) in [7, 11) is 2.04. The van der Waals surface area contributed by atoms with Gasteiger partial charge in [0.2, 0.25) is 0 Å². The maximum atomic E-state index is 4.50. The molecule has 0 radical (unpaired) electrons. The zero-order chi connectivity index (χ0) is 13.9. The van der Waals surface area contributed by atoms with E-state index in [0.717, 1.165) is 12.4 Å². The third kappa shape index (κ3) is 2.70. The van der Waals surface area contributed by atoms with Crippen LogP contribution in [-0.4, -0.2) is 9.55 Å². The van der Waals surface area contributed by atoms with Gasteiger partial charge in [-0.05, 0) is 40.3 Å². The lowest BCUT2D eigenvalue weighted by atomic mass is 10.2. The van der Waals surface area contributed by atoms with E-state index in [-0.39, 0.29) is 6.04 Å². The van der Waals surface area contributed by atoms with Crippen molar-refractivity contribution in [3.8, 4) is 0 Å². The summed E-state index contributed by atoms with van der Waals surface area (Å²) in [6.45, 7) is 3.03. The van der Waals surface area contributed by atoms with E-state index in [1.54, 1.807) is 22.7 Å². The van der Waals surface area contributed by atoms with Gasteiger partial charge in [-0.3, -0.25) is 5.32 Å². The summed E-state index contributed by atoms with van der Waals surface area (Å²) in [6.07, 6.45) is 3.85. The minimum atomic E-state index is 0.147. The Bertz CT molecular complexity index is 667. The molecule has 0 aliphatic heterocycles. The van der Waals surface area contributed by atoms with Crippen LogP contribution >= 0.6 is 22.7 Å². The van der Waals surface area contributed by atoms with E-state index in [4.69, 9.17) is 0 Å². The highest BCUT2D eigenvalue weighted by molar-refractivity contribution is 7.10. The normalized spacial score (nSPS) is 12.7. The van der Waals surface area contributed by atoms with Crippen molar-refractivity contribution in [3.05, 3.63) is 62.5 Å². The molecule has 0 saturated heterocycles. The van der Waals surface area contributed by atoms with Gasteiger partial charge >= 0.3 is 0 Å². The fraction of sp³-hybridized carbons (Fsp3) is 0.267. The Morgan fingerprint density at radius 2 is 2.30 bits per heavy atom. The zero-order valence-electron chi connectivity index (χ0n) is 11.5. The van der Waals surface area contributed by atoms with Gasteiger partial charge in [0.25, 0.3) is 0 Å². The molecule has 0 amide bonds. The lowest BCUT2D eigenvalue weighted by Crippen LogP contribution is -2.24. The minimum Gasteiger partial charge on any atom is -0.336 e. The zero-order valence-corrected chi connectivity index (χ0v) is 13.2. The maximum Gasteiger partial charge on any atom is 0.131 e. The van der Waals surface area contributed by atoms with Crippen LogP contribution in [0.4, 0.5) is 0 Å². The Kier molecular flexibility index (Phi) is 4.00. The second-order valence-electron chi connectivity index (χ2n) is 4.81. The molecule has 104 valence electrons. The molecule has 3 rings (SSSR count). The van der Waals surface area contributed by atoms with E-state index in [0.29, 0.717) is 0 Å². The van der Waals surface area contributed by atoms with E-state index < -0.39 is 0 Å². The fourth-order valence-corrected chi connectivity index (χ4v) is 3.86. The molecule has 5 heteroatoms. The van der Waals surface area contributed by atoms with E-state index >= 15 is 0 Å². The van der Waals surface area contributed by atoms with Gasteiger partial charge < -0.3 is 4.57 Å². The first kappa shape index (κ1) is 13.5. The molecule has 0 aromatic carbocycles. The summed E-state index contributed by atoms with van der Waals surface area (Å²) in [5.74, 6) is 1.06. The van der Waals surface area contributed by atoms with E-state index in [9.17, 15) is 0 Å². The number of hydrogen-bond donors (Lipinski definition) is 1. The van der Waals surface area contributed by atoms with Crippen molar-refractivity contribution >= 4 is 22.7 Å². The fourth-order valence-electron chi connectivity index (χ4n) is 2.21. The molecule has 1 atom stereocenters. The minimum absolute atomic E-state index is 0.147. The largest absolute Gasteiger partial charge is 0.336 e. The molecule has 0 saturated carbocycles. The first-order chi connectivity index (χ1) is 9.75. The first-order valence-electron chi connectivity index (χ1n) is 6.51. The summed E-state index contributed by atoms with van der Waals surface area (Å²) >= 11 is 3.52. The summed E-state index contributed by atoms with van der Waals surface area (Å²) in [6, 6.07) is 4.40. The van der Waals surface area contributed by atoms with Crippen LogP contribution in [-0.2, 0) is 13.6 Å². The summed E-state index contributed by atoms with van der Waals surface area (Å²) in [4.78, 5) is 5.80. The summed E-state index contributed by atoms with van der Waals surface area (Å²) in [5.41, 5.74) is 2.72. The Hall–Kier alpha value is -1.43. The monoisotopic (exact) mass is 303 g/mol. The highest BCUT2D eigenvalue weighted by atomic mass is 32.1. The van der Waals surface area contributed by atoms with Crippen LogP contribution in [0.15, 0.2) is 40.7 Å². The average molecular weight is 303 g/mol. The number of aryl methyl sites for hydroxylation is 2. The number of imidazole rings is 1. The van der Waals surface area contributed by atoms with Gasteiger partial charge in [-0.1, -0.05) is 6.07 Å². The van der Waals surface area contributed by atoms with Crippen LogP contribution in [0.3, 0.4) is 0 Å². The van der Waals surface area contributed by atoms with Crippen LogP contribution in [0, 0.1) is 6.92 Å². The lowest BCUT2D eigenvalue weighted by Gasteiger charge is -2.17. The van der Waals surface area contributed by atoms with Gasteiger partial charge in [0.15, 0.2) is 0 Å². The van der Waals surface area contributed by atoms with Crippen molar-refractivity contribution in [2.24, 2.45) is 7.05 Å². The Morgan fingerprint density at radius 1 is 1.40 bits per heavy atom. The molecule has 0 aliphatic carbocycles. The molecule has 1 unspecified atom stereocenters. The standard InChI is InChI=1S/C15H17N3S2/c1-11-9-19-10-12(11)8-17-14(13-4-3-7-20-13)15-16-5-6-18(15)2/h3-7,9-10,14,17H,8H2,1-2H3. The molecule has 3 aromatic rings. The number of thiophene rings is 2. The van der Waals surface area contributed by atoms with Gasteiger partial charge in [0.1, 0.15) is 11.9 Å². The van der Waals surface area contributed by atoms with Crippen molar-refractivity contribution in [2.75, 3.05) is 0 Å². The maximum absolute atomic E-state index is 4.50. The van der Waals surface area contributed by atoms with E-state index in [2.05, 4.69) is 50.1 Å². The predicted octanol–water partition coefficient (Wildman–Crippen LogP) is 3.73. The third-order valence-electron chi connectivity index (χ3n) is 3.40. The van der Waals surface area contributed by atoms with E-state index in [1.807, 2.05) is 19.4 Å². The Labute approximate surface area is 126 Å². The number of rotatable bonds is 5. The topological polar surface area (TPSA) is 29.9 Å². The van der Waals surface area contributed by atoms with E-state index in [1.165, 1.54) is 16.0 Å². The van der Waals surface area contributed by atoms with Crippen molar-refractivity contribution in [1.29, 1.82) is 0 Å². The molecule has 20 heavy (non-hydrogen) atoms. The highest BCUT2D eigenvalue weighted by Crippen LogP contribution is 2.25. The third-order valence-corrected chi connectivity index (χ3v) is 5.25. The lowest BCUT2D eigenvalue weighted by molar-refractivity contribution is 0.565. The van der Waals surface area contributed by atoms with Crippen LogP contribution in [0.2, 0.25) is 0 Å². The van der Waals surface area contributed by atoms with Gasteiger partial charge in [-0.25, -0.2) is 4.98 Å². The highest BCUT2D eigenvalue weighted by Gasteiger charge is 2.19. The molecule has 0 spiro atoms. The molecule has 0 bridgehead atoms. The van der Waals surface area contributed by atoms with Crippen LogP contribution in [0.5, 0.6) is 0 Å². The summed E-state index contributed by atoms with van der Waals surface area (Å²) in [5, 5.41) is 10.2. The Balaban J connectivity index is 1.84. The van der Waals surface area contributed by atoms with Crippen molar-refractivity contribution in [3.63, 3.8) is 0 Å². The number of nitrogens with one attached hydrogen (secondary N) is 1. The molecule has 3 heterocycles. The SMILES string of the molecule is Cc1cscc1CNC(c1cccs1)c1nccn1C. The van der Waals surface area contributed by atoms with Gasteiger partial charge in [-0.2, -0.15) is 11.3 Å². The van der Waals surface area contributed by atoms with Gasteiger partial charge in [0, 0.05) is 30.9 Å². The average Bonchev–Trinajstić information content (AvgIpc) is 3.15. The van der Waals surface area contributed by atoms with Crippen molar-refractivity contribution in [2.45, 2.75) is 19.5 Å². The number of hydrogen-bond acceptors (Lipinski definition) is 4. The summed E-state index contributed by atoms with van der Waals surface area (Å²) < 4.78 is 2.08. The second kappa shape index (κ2) is 5.91. The Morgan fingerprint density at radius 3 is 2.90 bits per heavy atom. The molecular weight excluding hydrogens is 286 g/mol. The molecule has 3 nitrogen and oxygen atoms in total.